The average molecular weight is 388 g/mol. The van der Waals surface area contributed by atoms with Crippen LogP contribution >= 0.6 is 23.2 Å². The number of nitrogens with zero attached hydrogens (tertiary/aromatic N) is 2. The molecule has 0 spiro atoms. The van der Waals surface area contributed by atoms with Crippen molar-refractivity contribution in [3.8, 4) is 5.69 Å². The first-order chi connectivity index (χ1) is 12.5. The minimum absolute atomic E-state index is 0.130. The Morgan fingerprint density at radius 1 is 1.08 bits per heavy atom. The van der Waals surface area contributed by atoms with Crippen molar-refractivity contribution < 1.29 is 4.79 Å². The maximum absolute atomic E-state index is 12.5. The van der Waals surface area contributed by atoms with Crippen LogP contribution in [0.5, 0.6) is 0 Å². The second-order valence-corrected chi connectivity index (χ2v) is 6.51. The molecule has 0 fully saturated rings. The number of benzene rings is 2. The van der Waals surface area contributed by atoms with Gasteiger partial charge in [-0.1, -0.05) is 47.5 Å². The van der Waals surface area contributed by atoms with Gasteiger partial charge in [-0.25, -0.2) is 0 Å². The average Bonchev–Trinajstić information content (AvgIpc) is 2.62. The van der Waals surface area contributed by atoms with Crippen molar-refractivity contribution >= 4 is 29.1 Å². The van der Waals surface area contributed by atoms with E-state index in [0.717, 1.165) is 5.56 Å². The van der Waals surface area contributed by atoms with Crippen molar-refractivity contribution in [1.29, 1.82) is 0 Å². The number of carbonyl (C=O) groups excluding carboxylic acids is 1. The van der Waals surface area contributed by atoms with Crippen molar-refractivity contribution in [2.75, 3.05) is 0 Å². The molecule has 7 heteroatoms. The van der Waals surface area contributed by atoms with Gasteiger partial charge in [0.15, 0.2) is 0 Å². The van der Waals surface area contributed by atoms with Gasteiger partial charge < -0.3 is 5.32 Å². The number of aromatic nitrogens is 2. The quantitative estimate of drug-likeness (QED) is 0.734. The van der Waals surface area contributed by atoms with Gasteiger partial charge in [-0.2, -0.15) is 9.78 Å². The van der Waals surface area contributed by atoms with E-state index in [4.69, 9.17) is 23.2 Å². The molecule has 0 saturated heterocycles. The Balaban J connectivity index is 1.85. The molecule has 0 saturated carbocycles. The van der Waals surface area contributed by atoms with Gasteiger partial charge in [-0.15, -0.1) is 0 Å². The Morgan fingerprint density at radius 2 is 1.81 bits per heavy atom. The van der Waals surface area contributed by atoms with Gasteiger partial charge in [0.25, 0.3) is 11.5 Å². The highest BCUT2D eigenvalue weighted by Gasteiger charge is 2.16. The van der Waals surface area contributed by atoms with Crippen molar-refractivity contribution in [3.05, 3.63) is 92.3 Å². The van der Waals surface area contributed by atoms with Crippen LogP contribution in [0.25, 0.3) is 5.69 Å². The van der Waals surface area contributed by atoms with Gasteiger partial charge >= 0.3 is 0 Å². The zero-order valence-electron chi connectivity index (χ0n) is 13.8. The number of nitrogens with one attached hydrogen (secondary N) is 1. The van der Waals surface area contributed by atoms with E-state index in [1.165, 1.54) is 16.8 Å². The fourth-order valence-corrected chi connectivity index (χ4v) is 3.06. The third-order valence-electron chi connectivity index (χ3n) is 3.81. The predicted octanol–water partition coefficient (Wildman–Crippen LogP) is 4.03. The van der Waals surface area contributed by atoms with E-state index in [1.54, 1.807) is 49.4 Å². The SMILES string of the molecule is C[C@H](NC(=O)c1ccc(=O)n(-c2ccccc2)n1)c1ccc(Cl)cc1Cl. The Hall–Kier alpha value is -2.63. The highest BCUT2D eigenvalue weighted by atomic mass is 35.5. The number of halogens is 2. The molecule has 1 aromatic heterocycles. The summed E-state index contributed by atoms with van der Waals surface area (Å²) in [4.78, 5) is 24.6. The van der Waals surface area contributed by atoms with Gasteiger partial charge in [0.05, 0.1) is 11.7 Å². The summed E-state index contributed by atoms with van der Waals surface area (Å²) in [7, 11) is 0. The number of carbonyl (C=O) groups is 1. The molecule has 0 unspecified atom stereocenters. The molecule has 0 bridgehead atoms. The van der Waals surface area contributed by atoms with E-state index in [-0.39, 0.29) is 17.3 Å². The molecule has 0 aliphatic rings. The molecule has 0 aliphatic heterocycles. The van der Waals surface area contributed by atoms with Gasteiger partial charge in [-0.3, -0.25) is 9.59 Å². The van der Waals surface area contributed by atoms with Crippen molar-refractivity contribution in [3.63, 3.8) is 0 Å². The van der Waals surface area contributed by atoms with Crippen LogP contribution in [0.15, 0.2) is 65.5 Å². The van der Waals surface area contributed by atoms with E-state index in [1.807, 2.05) is 6.07 Å². The van der Waals surface area contributed by atoms with Crippen LogP contribution in [0.1, 0.15) is 29.0 Å². The van der Waals surface area contributed by atoms with Gasteiger partial charge in [0, 0.05) is 16.1 Å². The van der Waals surface area contributed by atoms with Crippen molar-refractivity contribution in [2.24, 2.45) is 0 Å². The molecule has 1 N–H and O–H groups in total. The summed E-state index contributed by atoms with van der Waals surface area (Å²) in [6.07, 6.45) is 0. The van der Waals surface area contributed by atoms with Crippen LogP contribution in [0.3, 0.4) is 0 Å². The fourth-order valence-electron chi connectivity index (χ4n) is 2.49. The third-order valence-corrected chi connectivity index (χ3v) is 4.37. The Morgan fingerprint density at radius 3 is 2.50 bits per heavy atom. The second-order valence-electron chi connectivity index (χ2n) is 5.67. The van der Waals surface area contributed by atoms with E-state index in [9.17, 15) is 9.59 Å². The molecule has 0 radical (unpaired) electrons. The number of amides is 1. The van der Waals surface area contributed by atoms with E-state index in [0.29, 0.717) is 15.7 Å². The zero-order chi connectivity index (χ0) is 18.7. The lowest BCUT2D eigenvalue weighted by atomic mass is 10.1. The van der Waals surface area contributed by atoms with Crippen molar-refractivity contribution in [2.45, 2.75) is 13.0 Å². The van der Waals surface area contributed by atoms with Crippen LogP contribution in [0, 0.1) is 0 Å². The molecule has 1 amide bonds. The standard InChI is InChI=1S/C19H15Cl2N3O2/c1-12(15-8-7-13(20)11-16(15)21)22-19(26)17-9-10-18(25)24(23-17)14-5-3-2-4-6-14/h2-12H,1H3,(H,22,26)/t12-/m0/s1. The monoisotopic (exact) mass is 387 g/mol. The molecule has 26 heavy (non-hydrogen) atoms. The van der Waals surface area contributed by atoms with Crippen LogP contribution in [0.4, 0.5) is 0 Å². The molecule has 132 valence electrons. The van der Waals surface area contributed by atoms with Crippen LogP contribution in [0.2, 0.25) is 10.0 Å². The maximum atomic E-state index is 12.5. The highest BCUT2D eigenvalue weighted by Crippen LogP contribution is 2.26. The molecule has 5 nitrogen and oxygen atoms in total. The molecule has 1 atom stereocenters. The number of rotatable bonds is 4. The predicted molar refractivity (Wildman–Crippen MR) is 102 cm³/mol. The summed E-state index contributed by atoms with van der Waals surface area (Å²) in [5, 5.41) is 7.98. The topological polar surface area (TPSA) is 64.0 Å². The lowest BCUT2D eigenvalue weighted by Crippen LogP contribution is -2.30. The molecule has 1 heterocycles. The number of hydrogen-bond donors (Lipinski definition) is 1. The third kappa shape index (κ3) is 3.95. The first-order valence-corrected chi connectivity index (χ1v) is 8.63. The largest absolute Gasteiger partial charge is 0.344 e. The second kappa shape index (κ2) is 7.72. The Kier molecular flexibility index (Phi) is 5.40. The summed E-state index contributed by atoms with van der Waals surface area (Å²) in [6, 6.07) is 16.3. The molecule has 3 rings (SSSR count). The lowest BCUT2D eigenvalue weighted by molar-refractivity contribution is 0.0933. The number of hydrogen-bond acceptors (Lipinski definition) is 3. The fraction of sp³-hybridized carbons (Fsp3) is 0.105. The molecular weight excluding hydrogens is 373 g/mol. The molecule has 2 aromatic carbocycles. The molecular formula is C19H15Cl2N3O2. The summed E-state index contributed by atoms with van der Waals surface area (Å²) < 4.78 is 1.19. The minimum Gasteiger partial charge on any atom is -0.344 e. The summed E-state index contributed by atoms with van der Waals surface area (Å²) in [6.45, 7) is 1.81. The zero-order valence-corrected chi connectivity index (χ0v) is 15.3. The van der Waals surface area contributed by atoms with E-state index >= 15 is 0 Å². The Bertz CT molecular complexity index is 1000. The van der Waals surface area contributed by atoms with Gasteiger partial charge in [0.2, 0.25) is 0 Å². The van der Waals surface area contributed by atoms with E-state index < -0.39 is 5.91 Å². The number of para-hydroxylation sites is 1. The van der Waals surface area contributed by atoms with E-state index in [2.05, 4.69) is 10.4 Å². The van der Waals surface area contributed by atoms with Crippen LogP contribution < -0.4 is 10.9 Å². The smallest absolute Gasteiger partial charge is 0.272 e. The lowest BCUT2D eigenvalue weighted by Gasteiger charge is -2.16. The Labute approximate surface area is 160 Å². The van der Waals surface area contributed by atoms with Gasteiger partial charge in [-0.05, 0) is 42.8 Å². The van der Waals surface area contributed by atoms with Crippen LogP contribution in [-0.2, 0) is 0 Å². The summed E-state index contributed by atoms with van der Waals surface area (Å²) in [5.74, 6) is -0.409. The highest BCUT2D eigenvalue weighted by molar-refractivity contribution is 6.35. The first-order valence-electron chi connectivity index (χ1n) is 7.87. The first kappa shape index (κ1) is 18.2. The van der Waals surface area contributed by atoms with Crippen LogP contribution in [-0.4, -0.2) is 15.7 Å². The minimum atomic E-state index is -0.409. The molecule has 0 aliphatic carbocycles. The maximum Gasteiger partial charge on any atom is 0.272 e. The summed E-state index contributed by atoms with van der Waals surface area (Å²) in [5.41, 5.74) is 1.13. The van der Waals surface area contributed by atoms with Gasteiger partial charge in [0.1, 0.15) is 5.69 Å². The summed E-state index contributed by atoms with van der Waals surface area (Å²) >= 11 is 12.1. The normalized spacial score (nSPS) is 11.8. The molecule has 3 aromatic rings. The van der Waals surface area contributed by atoms with Crippen molar-refractivity contribution in [1.82, 2.24) is 15.1 Å².